The first-order chi connectivity index (χ1) is 8.42. The molecule has 1 atom stereocenters. The van der Waals surface area contributed by atoms with Crippen LogP contribution in [0, 0.1) is 13.8 Å². The summed E-state index contributed by atoms with van der Waals surface area (Å²) >= 11 is 1.77. The molecule has 2 rings (SSSR count). The van der Waals surface area contributed by atoms with Gasteiger partial charge in [-0.2, -0.15) is 11.8 Å². The van der Waals surface area contributed by atoms with Crippen LogP contribution in [0.4, 0.5) is 5.69 Å². The Morgan fingerprint density at radius 1 is 1.39 bits per heavy atom. The van der Waals surface area contributed by atoms with E-state index in [0.29, 0.717) is 5.69 Å². The predicted octanol–water partition coefficient (Wildman–Crippen LogP) is 1.67. The Bertz CT molecular complexity index is 549. The second kappa shape index (κ2) is 5.11. The van der Waals surface area contributed by atoms with Crippen LogP contribution in [0.2, 0.25) is 0 Å². The third kappa shape index (κ3) is 2.65. The van der Waals surface area contributed by atoms with Gasteiger partial charge in [0.1, 0.15) is 4.90 Å². The molecule has 0 aliphatic carbocycles. The molecule has 1 saturated heterocycles. The van der Waals surface area contributed by atoms with Crippen LogP contribution in [0.3, 0.4) is 0 Å². The minimum Gasteiger partial charge on any atom is -0.398 e. The lowest BCUT2D eigenvalue weighted by Gasteiger charge is -2.16. The minimum absolute atomic E-state index is 0.0271. The quantitative estimate of drug-likeness (QED) is 0.829. The maximum Gasteiger partial charge on any atom is 0.243 e. The van der Waals surface area contributed by atoms with Crippen LogP contribution in [0.25, 0.3) is 0 Å². The van der Waals surface area contributed by atoms with Gasteiger partial charge >= 0.3 is 0 Å². The molecular formula is C12H18N2O2S2. The van der Waals surface area contributed by atoms with Crippen LogP contribution in [0.15, 0.2) is 17.0 Å². The molecule has 1 aromatic rings. The number of hydrogen-bond acceptors (Lipinski definition) is 4. The van der Waals surface area contributed by atoms with Gasteiger partial charge in [-0.1, -0.05) is 6.07 Å². The van der Waals surface area contributed by atoms with Crippen LogP contribution in [0.1, 0.15) is 17.5 Å². The number of aryl methyl sites for hydroxylation is 1. The molecule has 18 heavy (non-hydrogen) atoms. The Morgan fingerprint density at radius 3 is 2.72 bits per heavy atom. The normalized spacial score (nSPS) is 20.2. The van der Waals surface area contributed by atoms with Crippen molar-refractivity contribution >= 4 is 27.5 Å². The molecule has 1 aliphatic rings. The fourth-order valence-corrected chi connectivity index (χ4v) is 5.03. The summed E-state index contributed by atoms with van der Waals surface area (Å²) in [6, 6.07) is 3.52. The average molecular weight is 286 g/mol. The summed E-state index contributed by atoms with van der Waals surface area (Å²) in [6.45, 7) is 3.68. The molecule has 1 fully saturated rings. The molecule has 0 saturated carbocycles. The summed E-state index contributed by atoms with van der Waals surface area (Å²) in [5.41, 5.74) is 7.81. The van der Waals surface area contributed by atoms with Crippen molar-refractivity contribution in [3.8, 4) is 0 Å². The highest BCUT2D eigenvalue weighted by Gasteiger charge is 2.26. The highest BCUT2D eigenvalue weighted by molar-refractivity contribution is 7.99. The standard InChI is InChI=1S/C12H18N2O2S2/c1-8-3-4-11(13)12(9(8)2)18(15,16)14-10-5-6-17-7-10/h3-4,10,14H,5-7,13H2,1-2H3. The van der Waals surface area contributed by atoms with Crippen molar-refractivity contribution < 1.29 is 8.42 Å². The van der Waals surface area contributed by atoms with E-state index in [4.69, 9.17) is 5.73 Å². The van der Waals surface area contributed by atoms with Crippen LogP contribution in [-0.2, 0) is 10.0 Å². The molecular weight excluding hydrogens is 268 g/mol. The van der Waals surface area contributed by atoms with Gasteiger partial charge in [-0.25, -0.2) is 13.1 Å². The summed E-state index contributed by atoms with van der Waals surface area (Å²) in [5.74, 6) is 1.85. The van der Waals surface area contributed by atoms with Crippen LogP contribution < -0.4 is 10.5 Å². The lowest BCUT2D eigenvalue weighted by molar-refractivity contribution is 0.563. The number of thioether (sulfide) groups is 1. The Kier molecular flexibility index (Phi) is 3.89. The zero-order chi connectivity index (χ0) is 13.3. The van der Waals surface area contributed by atoms with E-state index < -0.39 is 10.0 Å². The topological polar surface area (TPSA) is 72.2 Å². The van der Waals surface area contributed by atoms with Crippen molar-refractivity contribution in [1.29, 1.82) is 0 Å². The number of anilines is 1. The maximum atomic E-state index is 12.4. The van der Waals surface area contributed by atoms with Crippen molar-refractivity contribution in [2.45, 2.75) is 31.2 Å². The first-order valence-electron chi connectivity index (χ1n) is 5.87. The number of nitrogens with one attached hydrogen (secondary N) is 1. The van der Waals surface area contributed by atoms with E-state index in [0.717, 1.165) is 29.1 Å². The van der Waals surface area contributed by atoms with E-state index in [1.165, 1.54) is 0 Å². The highest BCUT2D eigenvalue weighted by atomic mass is 32.2. The van der Waals surface area contributed by atoms with Gasteiger partial charge in [0.25, 0.3) is 0 Å². The summed E-state index contributed by atoms with van der Waals surface area (Å²) in [4.78, 5) is 0.236. The molecule has 100 valence electrons. The van der Waals surface area contributed by atoms with Gasteiger partial charge < -0.3 is 5.73 Å². The molecule has 0 radical (unpaired) electrons. The molecule has 6 heteroatoms. The van der Waals surface area contributed by atoms with Crippen LogP contribution >= 0.6 is 11.8 Å². The minimum atomic E-state index is -3.52. The van der Waals surface area contributed by atoms with Crippen LogP contribution in [-0.4, -0.2) is 26.0 Å². The van der Waals surface area contributed by atoms with Crippen molar-refractivity contribution in [1.82, 2.24) is 4.72 Å². The Balaban J connectivity index is 2.37. The first kappa shape index (κ1) is 13.7. The fourth-order valence-electron chi connectivity index (χ4n) is 2.07. The van der Waals surface area contributed by atoms with E-state index in [2.05, 4.69) is 4.72 Å². The largest absolute Gasteiger partial charge is 0.398 e. The lowest BCUT2D eigenvalue weighted by Crippen LogP contribution is -2.35. The molecule has 3 N–H and O–H groups in total. The van der Waals surface area contributed by atoms with Crippen molar-refractivity contribution in [3.05, 3.63) is 23.3 Å². The molecule has 4 nitrogen and oxygen atoms in total. The molecule has 0 spiro atoms. The van der Waals surface area contributed by atoms with Gasteiger partial charge in [-0.3, -0.25) is 0 Å². The highest BCUT2D eigenvalue weighted by Crippen LogP contribution is 2.27. The molecule has 1 aromatic carbocycles. The smallest absolute Gasteiger partial charge is 0.243 e. The van der Waals surface area contributed by atoms with Gasteiger partial charge in [0.15, 0.2) is 0 Å². The second-order valence-corrected chi connectivity index (χ2v) is 7.41. The maximum absolute atomic E-state index is 12.4. The number of nitrogens with two attached hydrogens (primary N) is 1. The van der Waals surface area contributed by atoms with E-state index >= 15 is 0 Å². The summed E-state index contributed by atoms with van der Waals surface area (Å²) < 4.78 is 27.5. The molecule has 0 aromatic heterocycles. The van der Waals surface area contributed by atoms with Gasteiger partial charge in [-0.05, 0) is 43.2 Å². The average Bonchev–Trinajstić information content (AvgIpc) is 2.75. The number of benzene rings is 1. The molecule has 0 bridgehead atoms. The van der Waals surface area contributed by atoms with Gasteiger partial charge in [-0.15, -0.1) is 0 Å². The number of rotatable bonds is 3. The van der Waals surface area contributed by atoms with Crippen molar-refractivity contribution in [2.24, 2.45) is 0 Å². The number of sulfonamides is 1. The molecule has 0 amide bonds. The van der Waals surface area contributed by atoms with Crippen molar-refractivity contribution in [3.63, 3.8) is 0 Å². The second-order valence-electron chi connectivity index (χ2n) is 4.61. The van der Waals surface area contributed by atoms with E-state index in [1.807, 2.05) is 13.0 Å². The SMILES string of the molecule is Cc1ccc(N)c(S(=O)(=O)NC2CCSC2)c1C. The van der Waals surface area contributed by atoms with E-state index in [9.17, 15) is 8.42 Å². The summed E-state index contributed by atoms with van der Waals surface area (Å²) in [7, 11) is -3.52. The molecule has 1 heterocycles. The first-order valence-corrected chi connectivity index (χ1v) is 8.51. The zero-order valence-electron chi connectivity index (χ0n) is 10.6. The molecule has 1 aliphatic heterocycles. The zero-order valence-corrected chi connectivity index (χ0v) is 12.2. The van der Waals surface area contributed by atoms with Crippen LogP contribution in [0.5, 0.6) is 0 Å². The Morgan fingerprint density at radius 2 is 2.11 bits per heavy atom. The van der Waals surface area contributed by atoms with Crippen molar-refractivity contribution in [2.75, 3.05) is 17.2 Å². The number of hydrogen-bond donors (Lipinski definition) is 2. The fraction of sp³-hybridized carbons (Fsp3) is 0.500. The Hall–Kier alpha value is -0.720. The van der Waals surface area contributed by atoms with E-state index in [1.54, 1.807) is 24.8 Å². The monoisotopic (exact) mass is 286 g/mol. The third-order valence-corrected chi connectivity index (χ3v) is 6.11. The third-order valence-electron chi connectivity index (χ3n) is 3.23. The summed E-state index contributed by atoms with van der Waals surface area (Å²) in [5, 5.41) is 0. The Labute approximate surface area is 112 Å². The predicted molar refractivity (Wildman–Crippen MR) is 76.4 cm³/mol. The lowest BCUT2D eigenvalue weighted by atomic mass is 10.1. The molecule has 1 unspecified atom stereocenters. The van der Waals surface area contributed by atoms with Gasteiger partial charge in [0.2, 0.25) is 10.0 Å². The van der Waals surface area contributed by atoms with E-state index in [-0.39, 0.29) is 10.9 Å². The summed E-state index contributed by atoms with van der Waals surface area (Å²) in [6.07, 6.45) is 0.884. The number of nitrogen functional groups attached to an aromatic ring is 1. The van der Waals surface area contributed by atoms with Gasteiger partial charge in [0.05, 0.1) is 5.69 Å². The van der Waals surface area contributed by atoms with Gasteiger partial charge in [0, 0.05) is 11.8 Å².